The van der Waals surface area contributed by atoms with Gasteiger partial charge in [0.2, 0.25) is 0 Å². The molecule has 1 amide bonds. The second-order valence-corrected chi connectivity index (χ2v) is 7.08. The van der Waals surface area contributed by atoms with Crippen LogP contribution in [0.4, 0.5) is 0 Å². The first kappa shape index (κ1) is 19.5. The third-order valence-electron chi connectivity index (χ3n) is 3.39. The highest BCUT2D eigenvalue weighted by atomic mass is 79.9. The Kier molecular flexibility index (Phi) is 7.01. The summed E-state index contributed by atoms with van der Waals surface area (Å²) >= 11 is 6.83. The maximum atomic E-state index is 11.9. The van der Waals surface area contributed by atoms with Gasteiger partial charge in [-0.2, -0.15) is 5.10 Å². The second kappa shape index (κ2) is 9.01. The molecule has 2 aromatic rings. The zero-order chi connectivity index (χ0) is 18.4. The molecule has 5 nitrogen and oxygen atoms in total. The molecule has 0 aliphatic heterocycles. The van der Waals surface area contributed by atoms with E-state index in [0.717, 1.165) is 31.4 Å². The fourth-order valence-corrected chi connectivity index (χ4v) is 3.68. The van der Waals surface area contributed by atoms with Crippen molar-refractivity contribution in [2.75, 3.05) is 13.7 Å². The molecule has 25 heavy (non-hydrogen) atoms. The van der Waals surface area contributed by atoms with Gasteiger partial charge in [0, 0.05) is 10.0 Å². The minimum absolute atomic E-state index is 0.109. The van der Waals surface area contributed by atoms with E-state index in [-0.39, 0.29) is 12.5 Å². The van der Waals surface area contributed by atoms with Crippen molar-refractivity contribution in [1.29, 1.82) is 0 Å². The molecule has 0 heterocycles. The molecule has 1 N–H and O–H groups in total. The van der Waals surface area contributed by atoms with Crippen molar-refractivity contribution in [3.05, 3.63) is 56.0 Å². The Hall–Kier alpha value is -1.86. The van der Waals surface area contributed by atoms with Gasteiger partial charge < -0.3 is 9.47 Å². The van der Waals surface area contributed by atoms with Crippen molar-refractivity contribution >= 4 is 44.0 Å². The Morgan fingerprint density at radius 2 is 1.88 bits per heavy atom. The molecule has 0 radical (unpaired) electrons. The van der Waals surface area contributed by atoms with Crippen LogP contribution in [0.25, 0.3) is 0 Å². The Labute approximate surface area is 163 Å². The molecule has 132 valence electrons. The first-order chi connectivity index (χ1) is 11.9. The van der Waals surface area contributed by atoms with Crippen molar-refractivity contribution in [2.45, 2.75) is 13.8 Å². The number of para-hydroxylation sites is 1. The van der Waals surface area contributed by atoms with Crippen molar-refractivity contribution < 1.29 is 14.3 Å². The molecule has 2 rings (SSSR count). The summed E-state index contributed by atoms with van der Waals surface area (Å²) in [7, 11) is 1.57. The van der Waals surface area contributed by atoms with Crippen molar-refractivity contribution in [3.63, 3.8) is 0 Å². The molecule has 7 heteroatoms. The first-order valence-corrected chi connectivity index (χ1v) is 9.05. The number of rotatable bonds is 6. The van der Waals surface area contributed by atoms with Crippen LogP contribution in [0.2, 0.25) is 0 Å². The lowest BCUT2D eigenvalue weighted by molar-refractivity contribution is -0.123. The highest BCUT2D eigenvalue weighted by Gasteiger charge is 2.09. The van der Waals surface area contributed by atoms with Gasteiger partial charge in [-0.05, 0) is 53.0 Å². The van der Waals surface area contributed by atoms with Crippen molar-refractivity contribution in [2.24, 2.45) is 5.10 Å². The van der Waals surface area contributed by atoms with Crippen LogP contribution in [0, 0.1) is 13.8 Å². The van der Waals surface area contributed by atoms with Gasteiger partial charge in [0.1, 0.15) is 11.5 Å². The number of hydrazone groups is 1. The third kappa shape index (κ3) is 5.31. The molecule has 0 bridgehead atoms. The number of halogens is 2. The fourth-order valence-electron chi connectivity index (χ4n) is 2.26. The largest absolute Gasteiger partial charge is 0.495 e. The fraction of sp³-hybridized carbons (Fsp3) is 0.222. The minimum Gasteiger partial charge on any atom is -0.495 e. The lowest BCUT2D eigenvalue weighted by Crippen LogP contribution is -2.25. The van der Waals surface area contributed by atoms with E-state index in [4.69, 9.17) is 9.47 Å². The molecule has 0 atom stereocenters. The molecule has 0 aliphatic carbocycles. The predicted molar refractivity (Wildman–Crippen MR) is 106 cm³/mol. The molecule has 0 fully saturated rings. The normalized spacial score (nSPS) is 10.8. The number of carbonyl (C=O) groups is 1. The third-order valence-corrected chi connectivity index (χ3v) is 4.44. The van der Waals surface area contributed by atoms with E-state index in [1.807, 2.05) is 44.2 Å². The molecule has 0 saturated carbocycles. The summed E-state index contributed by atoms with van der Waals surface area (Å²) in [5.74, 6) is 1.01. The molecular formula is C18H18Br2N2O3. The molecule has 0 spiro atoms. The van der Waals surface area contributed by atoms with E-state index < -0.39 is 0 Å². The number of hydrogen-bond donors (Lipinski definition) is 1. The second-order valence-electron chi connectivity index (χ2n) is 5.31. The summed E-state index contributed by atoms with van der Waals surface area (Å²) < 4.78 is 12.6. The summed E-state index contributed by atoms with van der Waals surface area (Å²) in [5, 5.41) is 3.96. The first-order valence-electron chi connectivity index (χ1n) is 7.46. The predicted octanol–water partition coefficient (Wildman–Crippen LogP) is 4.37. The van der Waals surface area contributed by atoms with Crippen LogP contribution in [0.15, 0.2) is 44.4 Å². The number of nitrogens with one attached hydrogen (secondary N) is 1. The molecule has 0 saturated heterocycles. The van der Waals surface area contributed by atoms with Crippen LogP contribution in [0.1, 0.15) is 16.7 Å². The number of methoxy groups -OCH3 is 1. The Morgan fingerprint density at radius 1 is 1.20 bits per heavy atom. The smallest absolute Gasteiger partial charge is 0.277 e. The average molecular weight is 470 g/mol. The van der Waals surface area contributed by atoms with Gasteiger partial charge in [0.05, 0.1) is 17.8 Å². The van der Waals surface area contributed by atoms with Crippen LogP contribution in [0.3, 0.4) is 0 Å². The SMILES string of the molecule is COc1c(Br)cc(Br)cc1/C=N\NC(=O)COc1c(C)cccc1C. The minimum atomic E-state index is -0.341. The van der Waals surface area contributed by atoms with Gasteiger partial charge in [-0.15, -0.1) is 0 Å². The Bertz CT molecular complexity index is 787. The standard InChI is InChI=1S/C18H18Br2N2O3/c1-11-5-4-6-12(2)17(11)25-10-16(23)22-21-9-13-7-14(19)8-15(20)18(13)24-3/h4-9H,10H2,1-3H3,(H,22,23)/b21-9-. The summed E-state index contributed by atoms with van der Waals surface area (Å²) in [6, 6.07) is 9.54. The topological polar surface area (TPSA) is 59.9 Å². The van der Waals surface area contributed by atoms with E-state index in [9.17, 15) is 4.79 Å². The number of carbonyl (C=O) groups excluding carboxylic acids is 1. The van der Waals surface area contributed by atoms with Gasteiger partial charge in [-0.1, -0.05) is 34.1 Å². The van der Waals surface area contributed by atoms with Crippen LogP contribution in [0.5, 0.6) is 11.5 Å². The zero-order valence-electron chi connectivity index (χ0n) is 14.1. The maximum absolute atomic E-state index is 11.9. The highest BCUT2D eigenvalue weighted by Crippen LogP contribution is 2.31. The summed E-state index contributed by atoms with van der Waals surface area (Å²) in [6.07, 6.45) is 1.52. The lowest BCUT2D eigenvalue weighted by Gasteiger charge is -2.11. The summed E-state index contributed by atoms with van der Waals surface area (Å²) in [4.78, 5) is 11.9. The number of ether oxygens (including phenoxy) is 2. The number of aryl methyl sites for hydroxylation is 2. The van der Waals surface area contributed by atoms with E-state index in [0.29, 0.717) is 5.75 Å². The summed E-state index contributed by atoms with van der Waals surface area (Å²) in [5.41, 5.74) is 5.14. The van der Waals surface area contributed by atoms with Crippen LogP contribution < -0.4 is 14.9 Å². The maximum Gasteiger partial charge on any atom is 0.277 e. The van der Waals surface area contributed by atoms with Crippen molar-refractivity contribution in [1.82, 2.24) is 5.43 Å². The molecule has 0 unspecified atom stereocenters. The molecule has 0 aromatic heterocycles. The number of hydrogen-bond acceptors (Lipinski definition) is 4. The quantitative estimate of drug-likeness (QED) is 0.504. The van der Waals surface area contributed by atoms with Crippen LogP contribution >= 0.6 is 31.9 Å². The summed E-state index contributed by atoms with van der Waals surface area (Å²) in [6.45, 7) is 3.77. The van der Waals surface area contributed by atoms with E-state index in [1.54, 1.807) is 7.11 Å². The molecule has 0 aliphatic rings. The molecule has 2 aromatic carbocycles. The highest BCUT2D eigenvalue weighted by molar-refractivity contribution is 9.11. The van der Waals surface area contributed by atoms with Gasteiger partial charge in [0.15, 0.2) is 6.61 Å². The van der Waals surface area contributed by atoms with E-state index in [1.165, 1.54) is 6.21 Å². The van der Waals surface area contributed by atoms with E-state index >= 15 is 0 Å². The Morgan fingerprint density at radius 3 is 2.52 bits per heavy atom. The lowest BCUT2D eigenvalue weighted by atomic mass is 10.1. The van der Waals surface area contributed by atoms with Gasteiger partial charge >= 0.3 is 0 Å². The van der Waals surface area contributed by atoms with Crippen LogP contribution in [-0.4, -0.2) is 25.8 Å². The number of amides is 1. The van der Waals surface area contributed by atoms with Crippen molar-refractivity contribution in [3.8, 4) is 11.5 Å². The van der Waals surface area contributed by atoms with Gasteiger partial charge in [0.25, 0.3) is 5.91 Å². The van der Waals surface area contributed by atoms with Crippen LogP contribution in [-0.2, 0) is 4.79 Å². The van der Waals surface area contributed by atoms with Gasteiger partial charge in [-0.25, -0.2) is 5.43 Å². The number of benzene rings is 2. The number of nitrogens with zero attached hydrogens (tertiary/aromatic N) is 1. The zero-order valence-corrected chi connectivity index (χ0v) is 17.3. The molecular weight excluding hydrogens is 452 g/mol. The Balaban J connectivity index is 1.97. The van der Waals surface area contributed by atoms with E-state index in [2.05, 4.69) is 42.4 Å². The average Bonchev–Trinajstić information content (AvgIpc) is 2.54. The monoisotopic (exact) mass is 468 g/mol. The van der Waals surface area contributed by atoms with Gasteiger partial charge in [-0.3, -0.25) is 4.79 Å².